The van der Waals surface area contributed by atoms with E-state index < -0.39 is 34.8 Å². The van der Waals surface area contributed by atoms with Gasteiger partial charge in [0.1, 0.15) is 17.3 Å². The molecule has 4 N–H and O–H groups in total. The molecule has 4 nitrogen and oxygen atoms in total. The number of benzene rings is 2. The molecule has 1 amide bonds. The number of amides is 1. The third kappa shape index (κ3) is 2.51. The van der Waals surface area contributed by atoms with Gasteiger partial charge in [0, 0.05) is 6.07 Å². The molecule has 0 saturated carbocycles. The van der Waals surface area contributed by atoms with Crippen LogP contribution in [0.25, 0.3) is 0 Å². The number of carbonyl (C=O) groups is 1. The Morgan fingerprint density at radius 1 is 1.15 bits per heavy atom. The normalized spacial score (nSPS) is 10.3. The first kappa shape index (κ1) is 13.7. The standard InChI is InChI=1S/C13H9F3N2O2/c14-6-1-2-7(10(19)5-6)13(20)18-12-9(17)4-3-8(15)11(12)16/h1-5,19H,17H2,(H,18,20). The number of nitrogen functional groups attached to an aromatic ring is 1. The summed E-state index contributed by atoms with van der Waals surface area (Å²) in [5.74, 6) is -4.81. The van der Waals surface area contributed by atoms with Crippen molar-refractivity contribution < 1.29 is 23.1 Å². The smallest absolute Gasteiger partial charge is 0.259 e. The van der Waals surface area contributed by atoms with Crippen molar-refractivity contribution in [2.75, 3.05) is 11.1 Å². The summed E-state index contributed by atoms with van der Waals surface area (Å²) < 4.78 is 39.4. The van der Waals surface area contributed by atoms with Crippen molar-refractivity contribution in [3.8, 4) is 5.75 Å². The van der Waals surface area contributed by atoms with E-state index in [1.165, 1.54) is 0 Å². The highest BCUT2D eigenvalue weighted by atomic mass is 19.2. The fourth-order valence-corrected chi connectivity index (χ4v) is 1.57. The fraction of sp³-hybridized carbons (Fsp3) is 0. The van der Waals surface area contributed by atoms with Gasteiger partial charge < -0.3 is 16.2 Å². The Hall–Kier alpha value is -2.70. The van der Waals surface area contributed by atoms with Crippen molar-refractivity contribution in [3.05, 3.63) is 53.3 Å². The number of nitrogens with one attached hydrogen (secondary N) is 1. The van der Waals surface area contributed by atoms with Gasteiger partial charge in [-0.2, -0.15) is 0 Å². The van der Waals surface area contributed by atoms with Gasteiger partial charge in [-0.25, -0.2) is 13.2 Å². The minimum absolute atomic E-state index is 0.182. The van der Waals surface area contributed by atoms with E-state index in [1.54, 1.807) is 0 Å². The molecule has 0 radical (unpaired) electrons. The van der Waals surface area contributed by atoms with E-state index in [-0.39, 0.29) is 11.3 Å². The molecule has 0 bridgehead atoms. The lowest BCUT2D eigenvalue weighted by Crippen LogP contribution is -2.15. The average molecular weight is 282 g/mol. The lowest BCUT2D eigenvalue weighted by molar-refractivity contribution is 0.102. The summed E-state index contributed by atoms with van der Waals surface area (Å²) in [7, 11) is 0. The highest BCUT2D eigenvalue weighted by Crippen LogP contribution is 2.26. The van der Waals surface area contributed by atoms with E-state index >= 15 is 0 Å². The number of halogens is 3. The molecular formula is C13H9F3N2O2. The topological polar surface area (TPSA) is 75.3 Å². The first-order valence-corrected chi connectivity index (χ1v) is 5.43. The second-order valence-corrected chi connectivity index (χ2v) is 3.94. The van der Waals surface area contributed by atoms with Gasteiger partial charge >= 0.3 is 0 Å². The summed E-state index contributed by atoms with van der Waals surface area (Å²) in [6, 6.07) is 4.57. The zero-order chi connectivity index (χ0) is 14.9. The van der Waals surface area contributed by atoms with Crippen LogP contribution >= 0.6 is 0 Å². The van der Waals surface area contributed by atoms with Gasteiger partial charge in [-0.05, 0) is 24.3 Å². The largest absolute Gasteiger partial charge is 0.507 e. The van der Waals surface area contributed by atoms with Crippen LogP contribution in [0.2, 0.25) is 0 Å². The van der Waals surface area contributed by atoms with E-state index in [9.17, 15) is 23.1 Å². The Balaban J connectivity index is 2.35. The van der Waals surface area contributed by atoms with Gasteiger partial charge in [0.05, 0.1) is 11.3 Å². The lowest BCUT2D eigenvalue weighted by atomic mass is 10.1. The maximum atomic E-state index is 13.5. The van der Waals surface area contributed by atoms with Crippen LogP contribution in [-0.2, 0) is 0 Å². The summed E-state index contributed by atoms with van der Waals surface area (Å²) in [6.45, 7) is 0. The summed E-state index contributed by atoms with van der Waals surface area (Å²) in [4.78, 5) is 11.8. The first-order chi connectivity index (χ1) is 9.40. The Bertz CT molecular complexity index is 690. The Kier molecular flexibility index (Phi) is 3.51. The number of phenolic OH excluding ortho intramolecular Hbond substituents is 1. The van der Waals surface area contributed by atoms with E-state index in [1.807, 2.05) is 5.32 Å². The fourth-order valence-electron chi connectivity index (χ4n) is 1.57. The van der Waals surface area contributed by atoms with Gasteiger partial charge in [-0.3, -0.25) is 4.79 Å². The summed E-state index contributed by atoms with van der Waals surface area (Å²) >= 11 is 0. The predicted octanol–water partition coefficient (Wildman–Crippen LogP) is 2.64. The van der Waals surface area contributed by atoms with E-state index in [2.05, 4.69) is 0 Å². The minimum Gasteiger partial charge on any atom is -0.507 e. The number of rotatable bonds is 2. The zero-order valence-corrected chi connectivity index (χ0v) is 9.95. The number of carbonyl (C=O) groups excluding carboxylic acids is 1. The van der Waals surface area contributed by atoms with Crippen molar-refractivity contribution in [2.24, 2.45) is 0 Å². The van der Waals surface area contributed by atoms with Gasteiger partial charge in [0.15, 0.2) is 11.6 Å². The number of anilines is 2. The molecule has 0 spiro atoms. The summed E-state index contributed by atoms with van der Waals surface area (Å²) in [5.41, 5.74) is 4.41. The zero-order valence-electron chi connectivity index (χ0n) is 9.95. The van der Waals surface area contributed by atoms with Crippen LogP contribution < -0.4 is 11.1 Å². The second-order valence-electron chi connectivity index (χ2n) is 3.94. The Labute approximate surface area is 111 Å². The molecule has 0 aromatic heterocycles. The van der Waals surface area contributed by atoms with Crippen LogP contribution in [0.15, 0.2) is 30.3 Å². The van der Waals surface area contributed by atoms with Crippen LogP contribution in [0.1, 0.15) is 10.4 Å². The lowest BCUT2D eigenvalue weighted by Gasteiger charge is -2.10. The number of hydrogen-bond donors (Lipinski definition) is 3. The molecule has 20 heavy (non-hydrogen) atoms. The van der Waals surface area contributed by atoms with Gasteiger partial charge in [0.2, 0.25) is 0 Å². The molecule has 2 aromatic rings. The van der Waals surface area contributed by atoms with Crippen LogP contribution in [0.5, 0.6) is 5.75 Å². The van der Waals surface area contributed by atoms with Crippen LogP contribution in [0.4, 0.5) is 24.5 Å². The van der Waals surface area contributed by atoms with E-state index in [0.29, 0.717) is 0 Å². The maximum absolute atomic E-state index is 13.5. The molecule has 0 saturated heterocycles. The molecule has 0 heterocycles. The number of nitrogens with two attached hydrogens (primary N) is 1. The number of hydrogen-bond acceptors (Lipinski definition) is 3. The molecular weight excluding hydrogens is 273 g/mol. The monoisotopic (exact) mass is 282 g/mol. The van der Waals surface area contributed by atoms with Crippen molar-refractivity contribution in [1.29, 1.82) is 0 Å². The molecule has 2 aromatic carbocycles. The molecule has 2 rings (SSSR count). The van der Waals surface area contributed by atoms with E-state index in [0.717, 1.165) is 30.3 Å². The number of aromatic hydroxyl groups is 1. The summed E-state index contributed by atoms with van der Waals surface area (Å²) in [5, 5.41) is 11.5. The minimum atomic E-state index is -1.32. The third-order valence-corrected chi connectivity index (χ3v) is 2.57. The van der Waals surface area contributed by atoms with E-state index in [4.69, 9.17) is 5.73 Å². The van der Waals surface area contributed by atoms with Gasteiger partial charge in [-0.15, -0.1) is 0 Å². The van der Waals surface area contributed by atoms with Crippen LogP contribution in [0.3, 0.4) is 0 Å². The van der Waals surface area contributed by atoms with Crippen LogP contribution in [0, 0.1) is 17.5 Å². The Morgan fingerprint density at radius 2 is 1.85 bits per heavy atom. The van der Waals surface area contributed by atoms with Crippen molar-refractivity contribution in [2.45, 2.75) is 0 Å². The molecule has 7 heteroatoms. The molecule has 0 aliphatic carbocycles. The van der Waals surface area contributed by atoms with Gasteiger partial charge in [0.25, 0.3) is 5.91 Å². The highest BCUT2D eigenvalue weighted by Gasteiger charge is 2.17. The molecule has 0 aliphatic heterocycles. The third-order valence-electron chi connectivity index (χ3n) is 2.57. The first-order valence-electron chi connectivity index (χ1n) is 5.43. The highest BCUT2D eigenvalue weighted by molar-refractivity contribution is 6.07. The molecule has 0 atom stereocenters. The van der Waals surface area contributed by atoms with Crippen LogP contribution in [-0.4, -0.2) is 11.0 Å². The molecule has 104 valence electrons. The Morgan fingerprint density at radius 3 is 2.50 bits per heavy atom. The molecule has 0 unspecified atom stereocenters. The maximum Gasteiger partial charge on any atom is 0.259 e. The SMILES string of the molecule is Nc1ccc(F)c(F)c1NC(=O)c1ccc(F)cc1O. The molecule has 0 fully saturated rings. The van der Waals surface area contributed by atoms with Crippen molar-refractivity contribution >= 4 is 17.3 Å². The summed E-state index contributed by atoms with van der Waals surface area (Å²) in [6.07, 6.45) is 0. The predicted molar refractivity (Wildman–Crippen MR) is 66.8 cm³/mol. The van der Waals surface area contributed by atoms with Crippen molar-refractivity contribution in [3.63, 3.8) is 0 Å². The quantitative estimate of drug-likeness (QED) is 0.741. The second kappa shape index (κ2) is 5.12. The molecule has 0 aliphatic rings. The van der Waals surface area contributed by atoms with Crippen molar-refractivity contribution in [1.82, 2.24) is 0 Å². The van der Waals surface area contributed by atoms with Gasteiger partial charge in [-0.1, -0.05) is 0 Å². The average Bonchev–Trinajstić information content (AvgIpc) is 2.39. The number of phenols is 1.